The van der Waals surface area contributed by atoms with Crippen molar-refractivity contribution in [2.24, 2.45) is 0 Å². The molecule has 0 aliphatic carbocycles. The zero-order valence-electron chi connectivity index (χ0n) is 41.6. The van der Waals surface area contributed by atoms with Gasteiger partial charge in [0, 0.05) is 44.8 Å². The Balaban J connectivity index is 0.000000219. The number of carboxylic acid groups (broad SMARTS) is 4. The number of pyridine rings is 1. The fraction of sp³-hybridized carbons (Fsp3) is 0.189. The second kappa shape index (κ2) is 28.8. The number of halogens is 1. The van der Waals surface area contributed by atoms with Gasteiger partial charge in [-0.1, -0.05) is 84.4 Å². The molecular formula is C53H47ClN6O20. The van der Waals surface area contributed by atoms with Crippen molar-refractivity contribution in [3.05, 3.63) is 191 Å². The molecule has 0 saturated carbocycles. The van der Waals surface area contributed by atoms with Crippen LogP contribution in [-0.2, 0) is 42.9 Å². The van der Waals surface area contributed by atoms with E-state index in [-0.39, 0.29) is 33.4 Å². The summed E-state index contributed by atoms with van der Waals surface area (Å²) in [4.78, 5) is 137. The largest absolute Gasteiger partial charge is 0.478 e. The number of esters is 4. The summed E-state index contributed by atoms with van der Waals surface area (Å²) < 4.78 is 24.7. The monoisotopic (exact) mass is 1120 g/mol. The standard InChI is InChI=1S/2C18H14O8.C17H17ClN6O3.H2O/c2*19-15(20)13(25-17(23)11-7-3-1-4-8-11)14(16(21)22)26-18(24)12-9-5-2-6-10-12;1-22-6-8-23(9-7-22)17(26)27-16-14-13(19-4-5-20-14)15(25)24(16)12-3-2-11(18)10-21-12;/h2*1-10,13-14H,(H,19,20)(H,21,22);2-5,10,16H,6-9H2,1H3;1H2. The van der Waals surface area contributed by atoms with E-state index in [1.54, 1.807) is 41.3 Å². The molecule has 2 aromatic heterocycles. The van der Waals surface area contributed by atoms with Crippen LogP contribution in [-0.4, -0.2) is 168 Å². The number of aromatic nitrogens is 3. The number of carboxylic acids is 4. The van der Waals surface area contributed by atoms with Gasteiger partial charge in [-0.3, -0.25) is 9.78 Å². The average molecular weight is 1120 g/mol. The van der Waals surface area contributed by atoms with Gasteiger partial charge in [-0.15, -0.1) is 0 Å². The van der Waals surface area contributed by atoms with E-state index in [4.69, 9.17) is 35.3 Å². The molecule has 1 saturated heterocycles. The third kappa shape index (κ3) is 16.2. The second-order valence-corrected chi connectivity index (χ2v) is 16.9. The second-order valence-electron chi connectivity index (χ2n) is 16.4. The van der Waals surface area contributed by atoms with Crippen molar-refractivity contribution in [3.63, 3.8) is 0 Å². The van der Waals surface area contributed by atoms with Crippen molar-refractivity contribution < 1.29 is 97.5 Å². The molecule has 5 unspecified atom stereocenters. The first-order chi connectivity index (χ1) is 37.8. The zero-order chi connectivity index (χ0) is 57.2. The number of aliphatic carboxylic acids is 4. The van der Waals surface area contributed by atoms with E-state index in [9.17, 15) is 68.4 Å². The van der Waals surface area contributed by atoms with Crippen LogP contribution in [0.25, 0.3) is 0 Å². The minimum atomic E-state index is -2.21. The van der Waals surface area contributed by atoms with Gasteiger partial charge >= 0.3 is 53.8 Å². The number of amides is 2. The summed E-state index contributed by atoms with van der Waals surface area (Å²) in [5.41, 5.74) is 0.538. The smallest absolute Gasteiger partial charge is 0.412 e. The van der Waals surface area contributed by atoms with Gasteiger partial charge in [-0.05, 0) is 67.7 Å². The van der Waals surface area contributed by atoms with Crippen molar-refractivity contribution in [2.45, 2.75) is 30.6 Å². The zero-order valence-corrected chi connectivity index (χ0v) is 42.4. The number of fused-ring (bicyclic) bond motifs is 1. The van der Waals surface area contributed by atoms with Crippen molar-refractivity contribution in [3.8, 4) is 0 Å². The summed E-state index contributed by atoms with van der Waals surface area (Å²) >= 11 is 5.89. The molecule has 5 atom stereocenters. The first-order valence-electron chi connectivity index (χ1n) is 23.2. The van der Waals surface area contributed by atoms with Crippen molar-refractivity contribution >= 4 is 77.2 Å². The van der Waals surface area contributed by atoms with Crippen LogP contribution < -0.4 is 4.90 Å². The molecule has 0 bridgehead atoms. The van der Waals surface area contributed by atoms with Gasteiger partial charge in [0.15, 0.2) is 5.69 Å². The van der Waals surface area contributed by atoms with E-state index in [2.05, 4.69) is 19.9 Å². The molecule has 2 amide bonds. The normalized spacial score (nSPS) is 14.8. The highest BCUT2D eigenvalue weighted by Gasteiger charge is 2.45. The first kappa shape index (κ1) is 60.7. The number of likely N-dealkylation sites (N-methyl/N-ethyl adjacent to an activating group) is 1. The van der Waals surface area contributed by atoms with Gasteiger partial charge in [-0.25, -0.2) is 58.0 Å². The molecule has 4 heterocycles. The minimum Gasteiger partial charge on any atom is -0.478 e. The Labute approximate surface area is 457 Å². The fourth-order valence-corrected chi connectivity index (χ4v) is 7.15. The van der Waals surface area contributed by atoms with E-state index in [0.717, 1.165) is 13.1 Å². The van der Waals surface area contributed by atoms with Crippen molar-refractivity contribution in [1.29, 1.82) is 0 Å². The van der Waals surface area contributed by atoms with Crippen LogP contribution in [0.3, 0.4) is 0 Å². The van der Waals surface area contributed by atoms with E-state index >= 15 is 0 Å². The molecule has 4 aromatic carbocycles. The molecule has 6 N–H and O–H groups in total. The molecule has 6 aromatic rings. The SMILES string of the molecule is CN1CCN(C(=O)OC2c3nccnc3C(=O)N2c2ccc(Cl)cn2)CC1.O.O=C(OC(C(=O)O)C(OC(=O)c1ccccc1)C(=O)O)c1ccccc1.O=C(OC(C(=O)O)C(OC(=O)c1ccccc1)C(=O)O)c1ccccc1. The number of hydrogen-bond acceptors (Lipinski definition) is 19. The molecule has 27 heteroatoms. The first-order valence-corrected chi connectivity index (χ1v) is 23.6. The quantitative estimate of drug-likeness (QED) is 0.0787. The Morgan fingerprint density at radius 1 is 0.512 bits per heavy atom. The summed E-state index contributed by atoms with van der Waals surface area (Å²) in [5.74, 6) is -11.4. The Morgan fingerprint density at radius 2 is 0.863 bits per heavy atom. The predicted octanol–water partition coefficient (Wildman–Crippen LogP) is 3.96. The summed E-state index contributed by atoms with van der Waals surface area (Å²) in [7, 11) is 2.00. The third-order valence-electron chi connectivity index (χ3n) is 11.0. The molecule has 416 valence electrons. The van der Waals surface area contributed by atoms with Gasteiger partial charge in [-0.2, -0.15) is 0 Å². The number of ether oxygens (including phenoxy) is 5. The Morgan fingerprint density at radius 3 is 1.19 bits per heavy atom. The van der Waals surface area contributed by atoms with E-state index < -0.39 is 90.4 Å². The maximum absolute atomic E-state index is 12.8. The molecule has 1 fully saturated rings. The maximum Gasteiger partial charge on any atom is 0.412 e. The molecule has 0 spiro atoms. The van der Waals surface area contributed by atoms with Crippen LogP contribution in [0.5, 0.6) is 0 Å². The fourth-order valence-electron chi connectivity index (χ4n) is 7.04. The summed E-state index contributed by atoms with van der Waals surface area (Å²) in [5, 5.41) is 37.4. The predicted molar refractivity (Wildman–Crippen MR) is 273 cm³/mol. The number of carbonyl (C=O) groups is 10. The van der Waals surface area contributed by atoms with E-state index in [1.807, 2.05) is 7.05 Å². The molecular weight excluding hydrogens is 1080 g/mol. The highest BCUT2D eigenvalue weighted by Crippen LogP contribution is 2.36. The Kier molecular flexibility index (Phi) is 21.9. The molecule has 26 nitrogen and oxygen atoms in total. The van der Waals surface area contributed by atoms with Crippen LogP contribution >= 0.6 is 11.6 Å². The lowest BCUT2D eigenvalue weighted by atomic mass is 10.1. The lowest BCUT2D eigenvalue weighted by Gasteiger charge is -2.33. The third-order valence-corrected chi connectivity index (χ3v) is 11.3. The Hall–Kier alpha value is -10.2. The average Bonchev–Trinajstić information content (AvgIpc) is 3.83. The van der Waals surface area contributed by atoms with Crippen LogP contribution in [0, 0.1) is 0 Å². The molecule has 2 aliphatic heterocycles. The number of piperazine rings is 1. The van der Waals surface area contributed by atoms with E-state index in [0.29, 0.717) is 29.6 Å². The van der Waals surface area contributed by atoms with Gasteiger partial charge in [0.1, 0.15) is 11.5 Å². The number of nitrogens with zero attached hydrogens (tertiary/aromatic N) is 6. The number of carbonyl (C=O) groups excluding carboxylic acids is 6. The van der Waals surface area contributed by atoms with Crippen LogP contribution in [0.15, 0.2) is 152 Å². The van der Waals surface area contributed by atoms with Crippen molar-refractivity contribution in [1.82, 2.24) is 24.8 Å². The molecule has 8 rings (SSSR count). The highest BCUT2D eigenvalue weighted by molar-refractivity contribution is 6.30. The van der Waals surface area contributed by atoms with Crippen LogP contribution in [0.1, 0.15) is 63.8 Å². The Bertz CT molecular complexity index is 2880. The molecule has 0 radical (unpaired) electrons. The van der Waals surface area contributed by atoms with E-state index in [1.165, 1.54) is 121 Å². The molecule has 80 heavy (non-hydrogen) atoms. The van der Waals surface area contributed by atoms with Gasteiger partial charge in [0.05, 0.1) is 27.3 Å². The van der Waals surface area contributed by atoms with Crippen molar-refractivity contribution in [2.75, 3.05) is 38.1 Å². The van der Waals surface area contributed by atoms with Gasteiger partial charge in [0.25, 0.3) is 5.91 Å². The lowest BCUT2D eigenvalue weighted by Crippen LogP contribution is -2.48. The van der Waals surface area contributed by atoms with Crippen LogP contribution in [0.4, 0.5) is 10.6 Å². The number of benzene rings is 4. The summed E-state index contributed by atoms with van der Waals surface area (Å²) in [6, 6.07) is 32.9. The summed E-state index contributed by atoms with van der Waals surface area (Å²) in [6.45, 7) is 2.64. The number of anilines is 1. The topological polar surface area (TPSA) is 378 Å². The number of hydrogen-bond donors (Lipinski definition) is 4. The van der Waals surface area contributed by atoms with Gasteiger partial charge in [0.2, 0.25) is 30.6 Å². The van der Waals surface area contributed by atoms with Crippen LogP contribution in [0.2, 0.25) is 5.02 Å². The maximum atomic E-state index is 12.8. The molecule has 2 aliphatic rings. The van der Waals surface area contributed by atoms with Gasteiger partial charge < -0.3 is 59.4 Å². The number of rotatable bonds is 16. The lowest BCUT2D eigenvalue weighted by molar-refractivity contribution is -0.166. The summed E-state index contributed by atoms with van der Waals surface area (Å²) in [6.07, 6.45) is -6.08. The minimum absolute atomic E-state index is 0. The highest BCUT2D eigenvalue weighted by atomic mass is 35.5.